The monoisotopic (exact) mass is 596 g/mol. The first-order chi connectivity index (χ1) is 19.5. The molecule has 4 aromatic rings. The first-order valence-corrected chi connectivity index (χ1v) is 16.0. The van der Waals surface area contributed by atoms with Gasteiger partial charge in [-0.3, -0.25) is 0 Å². The number of hydrogen-bond acceptors (Lipinski definition) is 1. The minimum Gasteiger partial charge on any atom is -0.376 e. The lowest BCUT2D eigenvalue weighted by Crippen LogP contribution is -2.29. The third kappa shape index (κ3) is 7.53. The van der Waals surface area contributed by atoms with Crippen molar-refractivity contribution in [2.45, 2.75) is 90.6 Å². The fourth-order valence-corrected chi connectivity index (χ4v) is 5.98. The maximum Gasteiger partial charge on any atom is 0.141 e. The average Bonchev–Trinajstić information content (AvgIpc) is 2.98. The molecule has 2 heteroatoms. The molecule has 0 aromatic heterocycles. The fraction of sp³-hybridized carbons (Fsp3) is 0.368. The second-order valence-corrected chi connectivity index (χ2v) is 12.2. The molecule has 0 fully saturated rings. The molecule has 0 amide bonds. The number of aryl methyl sites for hydroxylation is 3. The van der Waals surface area contributed by atoms with Crippen molar-refractivity contribution in [2.24, 2.45) is 0 Å². The van der Waals surface area contributed by atoms with Crippen molar-refractivity contribution in [2.75, 3.05) is 0 Å². The van der Waals surface area contributed by atoms with Crippen LogP contribution in [0, 0.1) is 6.92 Å². The maximum absolute atomic E-state index is 12.9. The van der Waals surface area contributed by atoms with Gasteiger partial charge in [0.25, 0.3) is 0 Å². The second-order valence-electron chi connectivity index (χ2n) is 11.3. The molecule has 0 saturated heterocycles. The third-order valence-corrected chi connectivity index (χ3v) is 8.61. The predicted octanol–water partition coefficient (Wildman–Crippen LogP) is 11.0. The maximum atomic E-state index is 12.9. The highest BCUT2D eigenvalue weighted by Crippen LogP contribution is 2.43. The molecule has 1 nitrogen and oxygen atoms in total. The second kappa shape index (κ2) is 14.8. The van der Waals surface area contributed by atoms with E-state index in [2.05, 4.69) is 128 Å². The molecule has 0 atom stereocenters. The van der Waals surface area contributed by atoms with Crippen molar-refractivity contribution in [3.05, 3.63) is 129 Å². The summed E-state index contributed by atoms with van der Waals surface area (Å²) in [5.41, 5.74) is 7.41. The van der Waals surface area contributed by atoms with Crippen LogP contribution in [0.3, 0.4) is 0 Å². The van der Waals surface area contributed by atoms with Gasteiger partial charge in [-0.25, -0.2) is 0 Å². The molecule has 210 valence electrons. The van der Waals surface area contributed by atoms with Crippen LogP contribution in [-0.2, 0) is 18.4 Å². The lowest BCUT2D eigenvalue weighted by atomic mass is 9.76. The van der Waals surface area contributed by atoms with Gasteiger partial charge in [0.15, 0.2) is 0 Å². The molecule has 4 rings (SSSR count). The summed E-state index contributed by atoms with van der Waals surface area (Å²) in [6.45, 7) is 6.61. The summed E-state index contributed by atoms with van der Waals surface area (Å²) in [4.78, 5) is 0. The van der Waals surface area contributed by atoms with E-state index in [1.54, 1.807) is 0 Å². The molecule has 4 aromatic carbocycles. The fourth-order valence-electron chi connectivity index (χ4n) is 5.62. The van der Waals surface area contributed by atoms with E-state index in [0.29, 0.717) is 0 Å². The Hall–Kier alpha value is -2.68. The first kappa shape index (κ1) is 30.3. The Kier molecular flexibility index (Phi) is 11.2. The Morgan fingerprint density at radius 3 is 1.57 bits per heavy atom. The van der Waals surface area contributed by atoms with Crippen LogP contribution in [0.1, 0.15) is 98.6 Å². The van der Waals surface area contributed by atoms with E-state index in [1.165, 1.54) is 68.1 Å². The molecule has 0 heterocycles. The molecule has 0 aliphatic heterocycles. The molecule has 0 unspecified atom stereocenters. The van der Waals surface area contributed by atoms with E-state index in [4.69, 9.17) is 0 Å². The van der Waals surface area contributed by atoms with E-state index >= 15 is 0 Å². The minimum absolute atomic E-state index is 0.886. The number of halogens is 1. The molecule has 0 aliphatic carbocycles. The lowest BCUT2D eigenvalue weighted by Gasteiger charge is -2.33. The lowest BCUT2D eigenvalue weighted by molar-refractivity contribution is 0.126. The van der Waals surface area contributed by atoms with E-state index < -0.39 is 5.60 Å². The van der Waals surface area contributed by atoms with Gasteiger partial charge in [0.05, 0.1) is 0 Å². The minimum atomic E-state index is -1.30. The zero-order chi connectivity index (χ0) is 28.4. The SMILES string of the molecule is CCCCCCc1ccc(C(O)(c2ccc(CCCCCC)cc2)c2cc(Br)ccc2-c2ccc(C)cc2)cc1. The number of aliphatic hydroxyl groups is 1. The Bertz CT molecular complexity index is 1260. The van der Waals surface area contributed by atoms with Crippen LogP contribution >= 0.6 is 15.9 Å². The van der Waals surface area contributed by atoms with Crippen molar-refractivity contribution in [1.82, 2.24) is 0 Å². The Morgan fingerprint density at radius 2 is 1.10 bits per heavy atom. The third-order valence-electron chi connectivity index (χ3n) is 8.12. The molecule has 0 aliphatic rings. The average molecular weight is 598 g/mol. The van der Waals surface area contributed by atoms with Crippen molar-refractivity contribution < 1.29 is 5.11 Å². The van der Waals surface area contributed by atoms with Crippen LogP contribution in [0.4, 0.5) is 0 Å². The van der Waals surface area contributed by atoms with Gasteiger partial charge in [-0.2, -0.15) is 0 Å². The van der Waals surface area contributed by atoms with Gasteiger partial charge in [0.2, 0.25) is 0 Å². The van der Waals surface area contributed by atoms with Crippen LogP contribution in [0.5, 0.6) is 0 Å². The van der Waals surface area contributed by atoms with E-state index in [1.807, 2.05) is 0 Å². The van der Waals surface area contributed by atoms with Crippen molar-refractivity contribution in [1.29, 1.82) is 0 Å². The summed E-state index contributed by atoms with van der Waals surface area (Å²) in [5.74, 6) is 0. The van der Waals surface area contributed by atoms with Crippen molar-refractivity contribution in [3.8, 4) is 11.1 Å². The summed E-state index contributed by atoms with van der Waals surface area (Å²) >= 11 is 3.71. The Morgan fingerprint density at radius 1 is 0.600 bits per heavy atom. The van der Waals surface area contributed by atoms with Gasteiger partial charge >= 0.3 is 0 Å². The van der Waals surface area contributed by atoms with Gasteiger partial charge in [-0.05, 0) is 78.1 Å². The molecular weight excluding hydrogens is 552 g/mol. The summed E-state index contributed by atoms with van der Waals surface area (Å²) < 4.78 is 0.955. The number of unbranched alkanes of at least 4 members (excludes halogenated alkanes) is 6. The van der Waals surface area contributed by atoms with Gasteiger partial charge in [-0.1, -0.05) is 153 Å². The highest BCUT2D eigenvalue weighted by molar-refractivity contribution is 9.10. The summed E-state index contributed by atoms with van der Waals surface area (Å²) in [5, 5.41) is 12.9. The van der Waals surface area contributed by atoms with Crippen LogP contribution < -0.4 is 0 Å². The Balaban J connectivity index is 1.77. The van der Waals surface area contributed by atoms with Gasteiger partial charge in [0.1, 0.15) is 5.60 Å². The van der Waals surface area contributed by atoms with Gasteiger partial charge in [0, 0.05) is 10.0 Å². The zero-order valence-corrected chi connectivity index (χ0v) is 26.1. The molecule has 0 spiro atoms. The van der Waals surface area contributed by atoms with Crippen molar-refractivity contribution in [3.63, 3.8) is 0 Å². The zero-order valence-electron chi connectivity index (χ0n) is 24.6. The first-order valence-electron chi connectivity index (χ1n) is 15.2. The summed E-state index contributed by atoms with van der Waals surface area (Å²) in [7, 11) is 0. The molecule has 0 saturated carbocycles. The number of rotatable bonds is 14. The van der Waals surface area contributed by atoms with Gasteiger partial charge in [-0.15, -0.1) is 0 Å². The largest absolute Gasteiger partial charge is 0.376 e. The van der Waals surface area contributed by atoms with Crippen LogP contribution in [-0.4, -0.2) is 5.11 Å². The van der Waals surface area contributed by atoms with Crippen LogP contribution in [0.15, 0.2) is 95.5 Å². The Labute approximate surface area is 250 Å². The molecular formula is C38H45BrO. The number of hydrogen-bond donors (Lipinski definition) is 1. The van der Waals surface area contributed by atoms with E-state index in [9.17, 15) is 5.11 Å². The predicted molar refractivity (Wildman–Crippen MR) is 175 cm³/mol. The summed E-state index contributed by atoms with van der Waals surface area (Å²) in [6.07, 6.45) is 12.2. The normalized spacial score (nSPS) is 11.6. The molecule has 0 bridgehead atoms. The van der Waals surface area contributed by atoms with Crippen LogP contribution in [0.2, 0.25) is 0 Å². The smallest absolute Gasteiger partial charge is 0.141 e. The molecule has 40 heavy (non-hydrogen) atoms. The summed E-state index contributed by atoms with van der Waals surface area (Å²) in [6, 6.07) is 32.2. The highest BCUT2D eigenvalue weighted by atomic mass is 79.9. The molecule has 1 N–H and O–H groups in total. The van der Waals surface area contributed by atoms with Crippen LogP contribution in [0.25, 0.3) is 11.1 Å². The number of benzene rings is 4. The topological polar surface area (TPSA) is 20.2 Å². The van der Waals surface area contributed by atoms with E-state index in [-0.39, 0.29) is 0 Å². The van der Waals surface area contributed by atoms with Crippen molar-refractivity contribution >= 4 is 15.9 Å². The quantitative estimate of drug-likeness (QED) is 0.113. The highest BCUT2D eigenvalue weighted by Gasteiger charge is 2.36. The standard InChI is InChI=1S/C38H45BrO/c1-4-6-8-10-12-30-16-22-33(23-17-30)38(40,34-24-18-31(19-25-34)13-11-9-7-5-2)37-28-35(39)26-27-36(37)32-20-14-29(3)15-21-32/h14-28,40H,4-13H2,1-3H3. The van der Waals surface area contributed by atoms with Gasteiger partial charge < -0.3 is 5.11 Å². The van der Waals surface area contributed by atoms with E-state index in [0.717, 1.165) is 45.1 Å². The molecule has 0 radical (unpaired) electrons.